The van der Waals surface area contributed by atoms with Gasteiger partial charge < -0.3 is 4.74 Å². The topological polar surface area (TPSA) is 65.3 Å². The number of nitro groups is 1. The fourth-order valence-electron chi connectivity index (χ4n) is 1.45. The van der Waals surface area contributed by atoms with Crippen molar-refractivity contribution in [3.8, 4) is 5.75 Å². The summed E-state index contributed by atoms with van der Waals surface area (Å²) in [6.45, 7) is 0. The Kier molecular flexibility index (Phi) is 2.81. The molecule has 2 rings (SSSR count). The molecule has 0 spiro atoms. The highest BCUT2D eigenvalue weighted by Crippen LogP contribution is 2.34. The highest BCUT2D eigenvalue weighted by Gasteiger charge is 2.19. The van der Waals surface area contributed by atoms with Gasteiger partial charge in [-0.2, -0.15) is 0 Å². The van der Waals surface area contributed by atoms with Crippen LogP contribution in [-0.4, -0.2) is 17.0 Å². The van der Waals surface area contributed by atoms with Gasteiger partial charge in [0.05, 0.1) is 12.0 Å². The van der Waals surface area contributed by atoms with Gasteiger partial charge >= 0.3 is 5.69 Å². The van der Waals surface area contributed by atoms with E-state index in [9.17, 15) is 14.5 Å². The molecule has 88 valence electrons. The van der Waals surface area contributed by atoms with Crippen molar-refractivity contribution >= 4 is 28.2 Å². The van der Waals surface area contributed by atoms with Crippen molar-refractivity contribution < 1.29 is 14.1 Å². The SMILES string of the molecule is COc1ccc2c(Cl)c([N+](=O)[O-])cnc2c1F. The average molecular weight is 257 g/mol. The standard InChI is InChI=1S/C10H6ClFN2O3/c1-17-7-3-2-5-8(11)6(14(15)16)4-13-10(5)9(7)12/h2-4H,1H3. The van der Waals surface area contributed by atoms with E-state index in [1.807, 2.05) is 0 Å². The minimum atomic E-state index is -0.693. The zero-order valence-electron chi connectivity index (χ0n) is 8.61. The lowest BCUT2D eigenvalue weighted by Gasteiger charge is -2.05. The number of fused-ring (bicyclic) bond motifs is 1. The van der Waals surface area contributed by atoms with Gasteiger partial charge in [0, 0.05) is 5.39 Å². The van der Waals surface area contributed by atoms with Crippen molar-refractivity contribution in [2.75, 3.05) is 7.11 Å². The fraction of sp³-hybridized carbons (Fsp3) is 0.100. The minimum Gasteiger partial charge on any atom is -0.494 e. The third kappa shape index (κ3) is 1.76. The maximum absolute atomic E-state index is 13.8. The molecule has 5 nitrogen and oxygen atoms in total. The van der Waals surface area contributed by atoms with E-state index in [2.05, 4.69) is 4.98 Å². The third-order valence-corrected chi connectivity index (χ3v) is 2.67. The molecule has 0 aliphatic heterocycles. The van der Waals surface area contributed by atoms with Crippen molar-refractivity contribution in [3.05, 3.63) is 39.3 Å². The van der Waals surface area contributed by atoms with Crippen LogP contribution in [0.4, 0.5) is 10.1 Å². The second-order valence-corrected chi connectivity index (χ2v) is 3.57. The summed E-state index contributed by atoms with van der Waals surface area (Å²) in [6.07, 6.45) is 0.924. The predicted molar refractivity (Wildman–Crippen MR) is 59.9 cm³/mol. The van der Waals surface area contributed by atoms with E-state index >= 15 is 0 Å². The molecule has 0 aliphatic rings. The Balaban J connectivity index is 2.81. The van der Waals surface area contributed by atoms with E-state index in [-0.39, 0.29) is 27.4 Å². The molecule has 0 fully saturated rings. The Labute approximate surface area is 99.9 Å². The molecule has 2 aromatic rings. The number of benzene rings is 1. The molecule has 0 atom stereocenters. The summed E-state index contributed by atoms with van der Waals surface area (Å²) in [5, 5.41) is 10.7. The maximum atomic E-state index is 13.8. The minimum absolute atomic E-state index is 0.00918. The van der Waals surface area contributed by atoms with E-state index < -0.39 is 10.7 Å². The van der Waals surface area contributed by atoms with Gasteiger partial charge in [-0.3, -0.25) is 10.1 Å². The van der Waals surface area contributed by atoms with Crippen molar-refractivity contribution in [1.29, 1.82) is 0 Å². The maximum Gasteiger partial charge on any atom is 0.306 e. The summed E-state index contributed by atoms with van der Waals surface area (Å²) in [5.41, 5.74) is -0.413. The molecule has 7 heteroatoms. The lowest BCUT2D eigenvalue weighted by Crippen LogP contribution is -1.95. The van der Waals surface area contributed by atoms with Crippen LogP contribution in [0.2, 0.25) is 5.02 Å². The number of ether oxygens (including phenoxy) is 1. The monoisotopic (exact) mass is 256 g/mol. The number of hydrogen-bond acceptors (Lipinski definition) is 4. The number of pyridine rings is 1. The Morgan fingerprint density at radius 1 is 1.53 bits per heavy atom. The molecular weight excluding hydrogens is 251 g/mol. The number of nitrogens with zero attached hydrogens (tertiary/aromatic N) is 2. The van der Waals surface area contributed by atoms with Crippen LogP contribution < -0.4 is 4.74 Å². The lowest BCUT2D eigenvalue weighted by atomic mass is 10.2. The van der Waals surface area contributed by atoms with E-state index in [4.69, 9.17) is 16.3 Å². The second kappa shape index (κ2) is 4.14. The number of rotatable bonds is 2. The number of hydrogen-bond donors (Lipinski definition) is 0. The molecule has 0 amide bonds. The average Bonchev–Trinajstić information content (AvgIpc) is 2.30. The zero-order chi connectivity index (χ0) is 12.6. The van der Waals surface area contributed by atoms with E-state index in [0.29, 0.717) is 0 Å². The van der Waals surface area contributed by atoms with Crippen LogP contribution in [0, 0.1) is 15.9 Å². The molecule has 1 aromatic carbocycles. The molecular formula is C10H6ClFN2O3. The van der Waals surface area contributed by atoms with Gasteiger partial charge in [0.25, 0.3) is 0 Å². The summed E-state index contributed by atoms with van der Waals surface area (Å²) in [4.78, 5) is 13.7. The van der Waals surface area contributed by atoms with Crippen LogP contribution in [-0.2, 0) is 0 Å². The van der Waals surface area contributed by atoms with Gasteiger partial charge in [-0.1, -0.05) is 11.6 Å². The summed E-state index contributed by atoms with van der Waals surface area (Å²) in [6, 6.07) is 2.77. The predicted octanol–water partition coefficient (Wildman–Crippen LogP) is 2.94. The number of methoxy groups -OCH3 is 1. The summed E-state index contributed by atoms with van der Waals surface area (Å²) in [5.74, 6) is -0.684. The van der Waals surface area contributed by atoms with Crippen LogP contribution in [0.25, 0.3) is 10.9 Å². The first kappa shape index (κ1) is 11.5. The fourth-order valence-corrected chi connectivity index (χ4v) is 1.72. The van der Waals surface area contributed by atoms with E-state index in [1.165, 1.54) is 19.2 Å². The first-order valence-electron chi connectivity index (χ1n) is 4.51. The molecule has 0 unspecified atom stereocenters. The van der Waals surface area contributed by atoms with Crippen LogP contribution in [0.1, 0.15) is 0 Å². The quantitative estimate of drug-likeness (QED) is 0.612. The van der Waals surface area contributed by atoms with Gasteiger partial charge in [0.15, 0.2) is 11.6 Å². The molecule has 0 radical (unpaired) electrons. The lowest BCUT2D eigenvalue weighted by molar-refractivity contribution is -0.384. The van der Waals surface area contributed by atoms with Gasteiger partial charge in [-0.25, -0.2) is 9.37 Å². The zero-order valence-corrected chi connectivity index (χ0v) is 9.36. The Morgan fingerprint density at radius 3 is 2.82 bits per heavy atom. The summed E-state index contributed by atoms with van der Waals surface area (Å²) >= 11 is 5.81. The first-order valence-corrected chi connectivity index (χ1v) is 4.89. The molecule has 1 heterocycles. The third-order valence-electron chi connectivity index (χ3n) is 2.27. The largest absolute Gasteiger partial charge is 0.494 e. The van der Waals surface area contributed by atoms with Crippen molar-refractivity contribution in [3.63, 3.8) is 0 Å². The summed E-state index contributed by atoms with van der Waals surface area (Å²) < 4.78 is 18.5. The van der Waals surface area contributed by atoms with Crippen LogP contribution in [0.5, 0.6) is 5.75 Å². The van der Waals surface area contributed by atoms with Crippen LogP contribution in [0.15, 0.2) is 18.3 Å². The van der Waals surface area contributed by atoms with E-state index in [1.54, 1.807) is 0 Å². The van der Waals surface area contributed by atoms with Crippen LogP contribution in [0.3, 0.4) is 0 Å². The Morgan fingerprint density at radius 2 is 2.24 bits per heavy atom. The van der Waals surface area contributed by atoms with Gasteiger partial charge in [0.2, 0.25) is 0 Å². The molecule has 0 saturated carbocycles. The van der Waals surface area contributed by atoms with Gasteiger partial charge in [-0.05, 0) is 12.1 Å². The van der Waals surface area contributed by atoms with E-state index in [0.717, 1.165) is 6.20 Å². The molecule has 0 N–H and O–H groups in total. The molecule has 1 aromatic heterocycles. The van der Waals surface area contributed by atoms with Gasteiger partial charge in [-0.15, -0.1) is 0 Å². The molecule has 0 aliphatic carbocycles. The first-order chi connectivity index (χ1) is 8.06. The smallest absolute Gasteiger partial charge is 0.306 e. The Hall–Kier alpha value is -1.95. The second-order valence-electron chi connectivity index (χ2n) is 3.19. The molecule has 0 bridgehead atoms. The number of aromatic nitrogens is 1. The van der Waals surface area contributed by atoms with Crippen molar-refractivity contribution in [2.24, 2.45) is 0 Å². The Bertz CT molecular complexity index is 618. The normalized spacial score (nSPS) is 10.5. The van der Waals surface area contributed by atoms with Crippen molar-refractivity contribution in [1.82, 2.24) is 4.98 Å². The highest BCUT2D eigenvalue weighted by atomic mass is 35.5. The number of halogens is 2. The van der Waals surface area contributed by atoms with Crippen molar-refractivity contribution in [2.45, 2.75) is 0 Å². The highest BCUT2D eigenvalue weighted by molar-refractivity contribution is 6.37. The molecule has 0 saturated heterocycles. The van der Waals surface area contributed by atoms with Crippen LogP contribution >= 0.6 is 11.6 Å². The summed E-state index contributed by atoms with van der Waals surface area (Å²) in [7, 11) is 1.32. The molecule has 17 heavy (non-hydrogen) atoms. The van der Waals surface area contributed by atoms with Gasteiger partial charge in [0.1, 0.15) is 16.7 Å².